The number of hydrogen-bond donors (Lipinski definition) is 0. The molecule has 0 atom stereocenters. The Balaban J connectivity index is 2.13. The molecule has 0 aliphatic heterocycles. The summed E-state index contributed by atoms with van der Waals surface area (Å²) in [6, 6.07) is 4.70. The van der Waals surface area contributed by atoms with Gasteiger partial charge in [-0.15, -0.1) is 0 Å². The van der Waals surface area contributed by atoms with E-state index in [9.17, 15) is 22.0 Å². The lowest BCUT2D eigenvalue weighted by Gasteiger charge is -2.35. The molecule has 0 spiro atoms. The SMILES string of the molecule is COc1cc(COC2=C(F)C(F)(F)C2(F)F)ccc1C. The summed E-state index contributed by atoms with van der Waals surface area (Å²) in [6.07, 6.45) is 0. The van der Waals surface area contributed by atoms with Crippen LogP contribution in [0.5, 0.6) is 5.75 Å². The topological polar surface area (TPSA) is 18.5 Å². The number of alkyl halides is 4. The molecule has 0 fully saturated rings. The third-order valence-corrected chi connectivity index (χ3v) is 3.01. The number of ether oxygens (including phenoxy) is 2. The Kier molecular flexibility index (Phi) is 3.39. The molecule has 0 N–H and O–H groups in total. The van der Waals surface area contributed by atoms with Gasteiger partial charge in [0.05, 0.1) is 7.11 Å². The van der Waals surface area contributed by atoms with Crippen molar-refractivity contribution in [1.82, 2.24) is 0 Å². The van der Waals surface area contributed by atoms with Crippen molar-refractivity contribution in [2.24, 2.45) is 0 Å². The minimum absolute atomic E-state index is 0.402. The van der Waals surface area contributed by atoms with Gasteiger partial charge in [0.1, 0.15) is 12.4 Å². The van der Waals surface area contributed by atoms with Crippen LogP contribution in [0.15, 0.2) is 29.8 Å². The first-order valence-electron chi connectivity index (χ1n) is 5.64. The van der Waals surface area contributed by atoms with E-state index in [1.165, 1.54) is 13.2 Å². The summed E-state index contributed by atoms with van der Waals surface area (Å²) in [5.74, 6) is -12.7. The summed E-state index contributed by atoms with van der Waals surface area (Å²) < 4.78 is 73.4. The first-order chi connectivity index (χ1) is 9.21. The van der Waals surface area contributed by atoms with Crippen LogP contribution in [0.3, 0.4) is 0 Å². The van der Waals surface area contributed by atoms with Gasteiger partial charge in [-0.1, -0.05) is 12.1 Å². The molecule has 1 aliphatic carbocycles. The fourth-order valence-electron chi connectivity index (χ4n) is 1.76. The number of allylic oxidation sites excluding steroid dienone is 2. The molecule has 2 nitrogen and oxygen atoms in total. The lowest BCUT2D eigenvalue weighted by molar-refractivity contribution is -0.233. The van der Waals surface area contributed by atoms with Crippen molar-refractivity contribution in [1.29, 1.82) is 0 Å². The Morgan fingerprint density at radius 1 is 1.10 bits per heavy atom. The summed E-state index contributed by atoms with van der Waals surface area (Å²) in [7, 11) is 1.43. The molecule has 2 rings (SSSR count). The van der Waals surface area contributed by atoms with Crippen LogP contribution in [-0.4, -0.2) is 19.0 Å². The molecule has 0 radical (unpaired) electrons. The Bertz CT molecular complexity index is 566. The van der Waals surface area contributed by atoms with Crippen molar-refractivity contribution < 1.29 is 31.4 Å². The van der Waals surface area contributed by atoms with Gasteiger partial charge in [0, 0.05) is 0 Å². The number of halogens is 5. The van der Waals surface area contributed by atoms with Crippen molar-refractivity contribution in [3.05, 3.63) is 40.9 Å². The van der Waals surface area contributed by atoms with Crippen molar-refractivity contribution >= 4 is 0 Å². The van der Waals surface area contributed by atoms with Crippen molar-refractivity contribution in [3.63, 3.8) is 0 Å². The molecule has 0 amide bonds. The molecule has 1 aromatic carbocycles. The summed E-state index contributed by atoms with van der Waals surface area (Å²) in [4.78, 5) is 0. The van der Waals surface area contributed by atoms with Crippen LogP contribution in [0.4, 0.5) is 22.0 Å². The zero-order chi connectivity index (χ0) is 15.1. The Labute approximate surface area is 111 Å². The molecule has 1 aromatic rings. The summed E-state index contributed by atoms with van der Waals surface area (Å²) in [5, 5.41) is 0. The second kappa shape index (κ2) is 4.64. The number of methoxy groups -OCH3 is 1. The van der Waals surface area contributed by atoms with Crippen LogP contribution in [0.2, 0.25) is 0 Å². The van der Waals surface area contributed by atoms with Crippen LogP contribution in [0.25, 0.3) is 0 Å². The molecule has 0 heterocycles. The predicted molar refractivity (Wildman–Crippen MR) is 60.5 cm³/mol. The van der Waals surface area contributed by atoms with Gasteiger partial charge in [0.15, 0.2) is 0 Å². The van der Waals surface area contributed by atoms with Crippen LogP contribution in [0, 0.1) is 6.92 Å². The van der Waals surface area contributed by atoms with Crippen LogP contribution in [-0.2, 0) is 11.3 Å². The predicted octanol–water partition coefficient (Wildman–Crippen LogP) is 3.99. The molecule has 1 aliphatic rings. The standard InChI is InChI=1S/C13H11F5O2/c1-7-3-4-8(5-9(7)19-2)6-20-11-10(14)12(15,16)13(11,17)18/h3-5H,6H2,1-2H3. The molecule has 20 heavy (non-hydrogen) atoms. The van der Waals surface area contributed by atoms with Crippen LogP contribution >= 0.6 is 0 Å². The molecule has 0 saturated heterocycles. The first-order valence-corrected chi connectivity index (χ1v) is 5.64. The minimum Gasteiger partial charge on any atom is -0.496 e. The third-order valence-electron chi connectivity index (χ3n) is 3.01. The van der Waals surface area contributed by atoms with Gasteiger partial charge in [0.25, 0.3) is 0 Å². The lowest BCUT2D eigenvalue weighted by Crippen LogP contribution is -2.53. The molecule has 0 bridgehead atoms. The Morgan fingerprint density at radius 2 is 1.75 bits per heavy atom. The molecule has 0 saturated carbocycles. The van der Waals surface area contributed by atoms with Crippen LogP contribution < -0.4 is 4.74 Å². The van der Waals surface area contributed by atoms with E-state index in [0.29, 0.717) is 11.3 Å². The summed E-state index contributed by atoms with van der Waals surface area (Å²) in [6.45, 7) is 1.32. The molecule has 110 valence electrons. The maximum atomic E-state index is 12.9. The normalized spacial score (nSPS) is 19.6. The highest BCUT2D eigenvalue weighted by molar-refractivity contribution is 5.38. The van der Waals surface area contributed by atoms with E-state index in [0.717, 1.165) is 5.56 Å². The zero-order valence-corrected chi connectivity index (χ0v) is 10.6. The molecular formula is C13H11F5O2. The van der Waals surface area contributed by atoms with Crippen molar-refractivity contribution in [3.8, 4) is 5.75 Å². The summed E-state index contributed by atoms with van der Waals surface area (Å²) in [5.41, 5.74) is 1.21. The fourth-order valence-corrected chi connectivity index (χ4v) is 1.76. The van der Waals surface area contributed by atoms with Gasteiger partial charge < -0.3 is 9.47 Å². The molecule has 0 unspecified atom stereocenters. The smallest absolute Gasteiger partial charge is 0.375 e. The highest BCUT2D eigenvalue weighted by atomic mass is 19.3. The molecule has 7 heteroatoms. The number of aryl methyl sites for hydroxylation is 1. The number of benzene rings is 1. The minimum atomic E-state index is -4.78. The fraction of sp³-hybridized carbons (Fsp3) is 0.385. The van der Waals surface area contributed by atoms with Gasteiger partial charge in [-0.25, -0.2) is 4.39 Å². The Morgan fingerprint density at radius 3 is 2.30 bits per heavy atom. The maximum Gasteiger partial charge on any atom is 0.375 e. The van der Waals surface area contributed by atoms with E-state index in [1.54, 1.807) is 19.1 Å². The van der Waals surface area contributed by atoms with Crippen molar-refractivity contribution in [2.75, 3.05) is 7.11 Å². The average molecular weight is 294 g/mol. The zero-order valence-electron chi connectivity index (χ0n) is 10.6. The maximum absolute atomic E-state index is 12.9. The quantitative estimate of drug-likeness (QED) is 0.782. The van der Waals surface area contributed by atoms with E-state index < -0.39 is 30.0 Å². The Hall–Kier alpha value is -1.79. The van der Waals surface area contributed by atoms with Crippen molar-refractivity contribution in [2.45, 2.75) is 25.4 Å². The van der Waals surface area contributed by atoms with Gasteiger partial charge in [-0.05, 0) is 24.1 Å². The van der Waals surface area contributed by atoms with E-state index >= 15 is 0 Å². The highest BCUT2D eigenvalue weighted by Gasteiger charge is 2.74. The second-order valence-corrected chi connectivity index (χ2v) is 4.38. The number of hydrogen-bond acceptors (Lipinski definition) is 2. The largest absolute Gasteiger partial charge is 0.496 e. The third kappa shape index (κ3) is 2.01. The highest BCUT2D eigenvalue weighted by Crippen LogP contribution is 2.56. The van der Waals surface area contributed by atoms with Gasteiger partial charge in [-0.3, -0.25) is 0 Å². The monoisotopic (exact) mass is 294 g/mol. The van der Waals surface area contributed by atoms with E-state index in [-0.39, 0.29) is 0 Å². The van der Waals surface area contributed by atoms with Gasteiger partial charge in [0.2, 0.25) is 11.6 Å². The second-order valence-electron chi connectivity index (χ2n) is 4.38. The molecule has 0 aromatic heterocycles. The first kappa shape index (κ1) is 14.6. The number of rotatable bonds is 4. The molecular weight excluding hydrogens is 283 g/mol. The van der Waals surface area contributed by atoms with E-state index in [2.05, 4.69) is 4.74 Å². The van der Waals surface area contributed by atoms with E-state index in [1.807, 2.05) is 0 Å². The average Bonchev–Trinajstić information content (AvgIpc) is 2.40. The lowest BCUT2D eigenvalue weighted by atomic mass is 9.96. The van der Waals surface area contributed by atoms with Gasteiger partial charge in [-0.2, -0.15) is 17.6 Å². The van der Waals surface area contributed by atoms with Crippen LogP contribution in [0.1, 0.15) is 11.1 Å². The summed E-state index contributed by atoms with van der Waals surface area (Å²) >= 11 is 0. The van der Waals surface area contributed by atoms with E-state index in [4.69, 9.17) is 4.74 Å². The van der Waals surface area contributed by atoms with Gasteiger partial charge >= 0.3 is 11.8 Å².